The van der Waals surface area contributed by atoms with Gasteiger partial charge in [0, 0.05) is 19.2 Å². The lowest BCUT2D eigenvalue weighted by Crippen LogP contribution is -2.46. The average Bonchev–Trinajstić information content (AvgIpc) is 3.38. The van der Waals surface area contributed by atoms with Crippen molar-refractivity contribution >= 4 is 17.4 Å². The van der Waals surface area contributed by atoms with Gasteiger partial charge in [-0.15, -0.1) is 0 Å². The number of likely N-dealkylation sites (N-methyl/N-ethyl adjacent to an activating group) is 2. The van der Waals surface area contributed by atoms with Crippen molar-refractivity contribution in [2.24, 2.45) is 0 Å². The van der Waals surface area contributed by atoms with Gasteiger partial charge in [-0.25, -0.2) is 4.68 Å². The number of nitrogens with zero attached hydrogens (tertiary/aromatic N) is 4. The highest BCUT2D eigenvalue weighted by atomic mass is 16.5. The quantitative estimate of drug-likeness (QED) is 0.778. The summed E-state index contributed by atoms with van der Waals surface area (Å²) in [7, 11) is 1.97. The van der Waals surface area contributed by atoms with Gasteiger partial charge in [0.15, 0.2) is 0 Å². The van der Waals surface area contributed by atoms with Crippen molar-refractivity contribution < 1.29 is 9.53 Å². The fraction of sp³-hybridized carbons (Fsp3) is 0.545. The van der Waals surface area contributed by atoms with E-state index in [4.69, 9.17) is 4.74 Å². The molecule has 0 radical (unpaired) electrons. The van der Waals surface area contributed by atoms with Crippen LogP contribution in [-0.4, -0.2) is 59.9 Å². The highest BCUT2D eigenvalue weighted by Gasteiger charge is 2.26. The van der Waals surface area contributed by atoms with Gasteiger partial charge in [0.05, 0.1) is 31.0 Å². The van der Waals surface area contributed by atoms with Gasteiger partial charge in [-0.3, -0.25) is 9.69 Å². The van der Waals surface area contributed by atoms with Crippen LogP contribution in [0.15, 0.2) is 36.5 Å². The van der Waals surface area contributed by atoms with E-state index in [1.807, 2.05) is 40.9 Å². The van der Waals surface area contributed by atoms with Crippen LogP contribution in [0.3, 0.4) is 0 Å². The minimum absolute atomic E-state index is 0.0178. The fourth-order valence-electron chi connectivity index (χ4n) is 4.47. The Morgan fingerprint density at radius 3 is 2.86 bits per heavy atom. The summed E-state index contributed by atoms with van der Waals surface area (Å²) in [6, 6.07) is 10.4. The lowest BCUT2D eigenvalue weighted by atomic mass is 10.2. The lowest BCUT2D eigenvalue weighted by Gasteiger charge is -2.37. The Hall–Kier alpha value is -2.54. The monoisotopic (exact) mass is 397 g/mol. The van der Waals surface area contributed by atoms with E-state index in [0.29, 0.717) is 19.1 Å². The first-order valence-electron chi connectivity index (χ1n) is 10.7. The number of aromatic nitrogens is 2. The molecule has 29 heavy (non-hydrogen) atoms. The molecule has 2 aliphatic rings. The summed E-state index contributed by atoms with van der Waals surface area (Å²) in [5.74, 6) is 1.70. The SMILES string of the molecule is CCN1C[C@@H](CN(C)CC(=O)Nc2ccnn2C2CCCC2)Oc2ccccc21. The van der Waals surface area contributed by atoms with Crippen molar-refractivity contribution in [3.63, 3.8) is 0 Å². The summed E-state index contributed by atoms with van der Waals surface area (Å²) < 4.78 is 8.16. The van der Waals surface area contributed by atoms with Gasteiger partial charge in [0.1, 0.15) is 17.7 Å². The number of rotatable bonds is 7. The number of para-hydroxylation sites is 2. The van der Waals surface area contributed by atoms with Crippen LogP contribution in [-0.2, 0) is 4.79 Å². The number of nitrogens with one attached hydrogen (secondary N) is 1. The first-order chi connectivity index (χ1) is 14.1. The molecule has 1 saturated carbocycles. The van der Waals surface area contributed by atoms with Gasteiger partial charge in [0.2, 0.25) is 5.91 Å². The third-order valence-corrected chi connectivity index (χ3v) is 5.84. The number of amides is 1. The first kappa shape index (κ1) is 19.8. The van der Waals surface area contributed by atoms with Gasteiger partial charge in [-0.2, -0.15) is 5.10 Å². The molecule has 0 saturated heterocycles. The summed E-state index contributed by atoms with van der Waals surface area (Å²) in [5.41, 5.74) is 1.15. The third-order valence-electron chi connectivity index (χ3n) is 5.84. The molecule has 1 aliphatic carbocycles. The molecule has 1 amide bonds. The van der Waals surface area contributed by atoms with Gasteiger partial charge < -0.3 is 15.0 Å². The molecule has 0 bridgehead atoms. The molecule has 1 atom stereocenters. The number of carbonyl (C=O) groups excluding carboxylic acids is 1. The molecule has 1 aromatic carbocycles. The Morgan fingerprint density at radius 1 is 1.28 bits per heavy atom. The van der Waals surface area contributed by atoms with Crippen molar-refractivity contribution in [2.75, 3.05) is 43.4 Å². The molecule has 156 valence electrons. The van der Waals surface area contributed by atoms with Crippen molar-refractivity contribution in [1.29, 1.82) is 0 Å². The minimum atomic E-state index is -0.0178. The molecule has 1 aromatic heterocycles. The van der Waals surface area contributed by atoms with E-state index in [1.54, 1.807) is 6.20 Å². The topological polar surface area (TPSA) is 62.6 Å². The van der Waals surface area contributed by atoms with Crippen LogP contribution in [0.1, 0.15) is 38.6 Å². The summed E-state index contributed by atoms with van der Waals surface area (Å²) in [6.07, 6.45) is 6.55. The molecule has 7 heteroatoms. The smallest absolute Gasteiger partial charge is 0.239 e. The number of carbonyl (C=O) groups is 1. The van der Waals surface area contributed by atoms with Crippen LogP contribution >= 0.6 is 0 Å². The van der Waals surface area contributed by atoms with Crippen molar-refractivity contribution in [3.05, 3.63) is 36.5 Å². The van der Waals surface area contributed by atoms with E-state index < -0.39 is 0 Å². The van der Waals surface area contributed by atoms with E-state index >= 15 is 0 Å². The van der Waals surface area contributed by atoms with E-state index in [1.165, 1.54) is 12.8 Å². The number of ether oxygens (including phenoxy) is 1. The maximum Gasteiger partial charge on any atom is 0.239 e. The van der Waals surface area contributed by atoms with Gasteiger partial charge in [0.25, 0.3) is 0 Å². The Labute approximate surface area is 172 Å². The minimum Gasteiger partial charge on any atom is -0.485 e. The van der Waals surface area contributed by atoms with Crippen molar-refractivity contribution in [1.82, 2.24) is 14.7 Å². The average molecular weight is 398 g/mol. The molecular weight excluding hydrogens is 366 g/mol. The maximum atomic E-state index is 12.6. The van der Waals surface area contributed by atoms with Crippen LogP contribution in [0.2, 0.25) is 0 Å². The number of hydrogen-bond donors (Lipinski definition) is 1. The fourth-order valence-corrected chi connectivity index (χ4v) is 4.47. The molecule has 2 aromatic rings. The molecule has 1 N–H and O–H groups in total. The van der Waals surface area contributed by atoms with Crippen LogP contribution in [0.25, 0.3) is 0 Å². The molecule has 7 nitrogen and oxygen atoms in total. The molecule has 1 aliphatic heterocycles. The van der Waals surface area contributed by atoms with Crippen molar-refractivity contribution in [3.8, 4) is 5.75 Å². The second-order valence-electron chi connectivity index (χ2n) is 8.09. The molecule has 2 heterocycles. The summed E-state index contributed by atoms with van der Waals surface area (Å²) in [5, 5.41) is 7.47. The van der Waals surface area contributed by atoms with E-state index in [9.17, 15) is 4.79 Å². The van der Waals surface area contributed by atoms with Gasteiger partial charge in [-0.05, 0) is 38.9 Å². The zero-order valence-corrected chi connectivity index (χ0v) is 17.4. The molecule has 1 fully saturated rings. The lowest BCUT2D eigenvalue weighted by molar-refractivity contribution is -0.117. The Kier molecular flexibility index (Phi) is 6.04. The molecular formula is C22H31N5O2. The van der Waals surface area contributed by atoms with Gasteiger partial charge in [-0.1, -0.05) is 25.0 Å². The summed E-state index contributed by atoms with van der Waals surface area (Å²) >= 11 is 0. The van der Waals surface area contributed by atoms with E-state index in [-0.39, 0.29) is 12.0 Å². The molecule has 0 spiro atoms. The zero-order chi connectivity index (χ0) is 20.2. The van der Waals surface area contributed by atoms with E-state index in [0.717, 1.165) is 43.2 Å². The molecule has 0 unspecified atom stereocenters. The van der Waals surface area contributed by atoms with Crippen LogP contribution in [0.5, 0.6) is 5.75 Å². The van der Waals surface area contributed by atoms with Crippen LogP contribution in [0.4, 0.5) is 11.5 Å². The Bertz CT molecular complexity index is 830. The predicted molar refractivity (Wildman–Crippen MR) is 115 cm³/mol. The van der Waals surface area contributed by atoms with Crippen molar-refractivity contribution in [2.45, 2.75) is 44.8 Å². The highest BCUT2D eigenvalue weighted by Crippen LogP contribution is 2.33. The van der Waals surface area contributed by atoms with Crippen LogP contribution in [0, 0.1) is 0 Å². The zero-order valence-electron chi connectivity index (χ0n) is 17.4. The number of benzene rings is 1. The third kappa shape index (κ3) is 4.56. The number of hydrogen-bond acceptors (Lipinski definition) is 5. The summed E-state index contributed by atoms with van der Waals surface area (Å²) in [4.78, 5) is 17.0. The largest absolute Gasteiger partial charge is 0.485 e. The summed E-state index contributed by atoms with van der Waals surface area (Å²) in [6.45, 7) is 4.94. The molecule has 4 rings (SSSR count). The number of anilines is 2. The first-order valence-corrected chi connectivity index (χ1v) is 10.7. The Balaban J connectivity index is 1.31. The normalized spacial score (nSPS) is 19.3. The van der Waals surface area contributed by atoms with Crippen LogP contribution < -0.4 is 15.0 Å². The highest BCUT2D eigenvalue weighted by molar-refractivity contribution is 5.91. The predicted octanol–water partition coefficient (Wildman–Crippen LogP) is 3.16. The van der Waals surface area contributed by atoms with Gasteiger partial charge >= 0.3 is 0 Å². The maximum absolute atomic E-state index is 12.6. The Morgan fingerprint density at radius 2 is 2.07 bits per heavy atom. The standard InChI is InChI=1S/C22H31N5O2/c1-3-26-15-18(29-20-11-7-6-10-19(20)26)14-25(2)16-22(28)24-21-12-13-23-27(21)17-8-4-5-9-17/h6-7,10-13,17-18H,3-5,8-9,14-16H2,1-2H3,(H,24,28)/t18-/m1/s1. The number of fused-ring (bicyclic) bond motifs is 1. The van der Waals surface area contributed by atoms with E-state index in [2.05, 4.69) is 28.3 Å². The second kappa shape index (κ2) is 8.86. The second-order valence-corrected chi connectivity index (χ2v) is 8.09.